The highest BCUT2D eigenvalue weighted by Crippen LogP contribution is 2.13. The molecule has 0 aromatic carbocycles. The zero-order chi connectivity index (χ0) is 18.4. The Hall–Kier alpha value is -2.90. The van der Waals surface area contributed by atoms with Crippen molar-refractivity contribution in [1.29, 1.82) is 0 Å². The summed E-state index contributed by atoms with van der Waals surface area (Å²) in [6, 6.07) is 2.18. The maximum Gasteiger partial charge on any atom is 0.252 e. The van der Waals surface area contributed by atoms with Gasteiger partial charge in [0.25, 0.3) is 11.8 Å². The minimum Gasteiger partial charge on any atom is -0.351 e. The predicted octanol–water partition coefficient (Wildman–Crippen LogP) is 1.94. The molecule has 2 rings (SSSR count). The van der Waals surface area contributed by atoms with Gasteiger partial charge in [-0.3, -0.25) is 19.6 Å². The highest BCUT2D eigenvalue weighted by atomic mass is 19.1. The molecule has 2 amide bonds. The highest BCUT2D eigenvalue weighted by Gasteiger charge is 2.21. The van der Waals surface area contributed by atoms with Gasteiger partial charge in [0.15, 0.2) is 0 Å². The van der Waals surface area contributed by atoms with Gasteiger partial charge in [0.2, 0.25) is 0 Å². The molecule has 0 radical (unpaired) electrons. The molecular formula is C17H18F2N4O2. The second-order valence-electron chi connectivity index (χ2n) is 6.31. The van der Waals surface area contributed by atoms with Crippen LogP contribution < -0.4 is 10.6 Å². The first kappa shape index (κ1) is 18.4. The molecule has 0 aliphatic rings. The van der Waals surface area contributed by atoms with E-state index < -0.39 is 28.9 Å². The average Bonchev–Trinajstić information content (AvgIpc) is 2.58. The number of nitrogens with one attached hydrogen (secondary N) is 2. The molecule has 0 unspecified atom stereocenters. The highest BCUT2D eigenvalue weighted by molar-refractivity contribution is 5.94. The van der Waals surface area contributed by atoms with Crippen molar-refractivity contribution in [2.75, 3.05) is 13.1 Å². The average molecular weight is 348 g/mol. The molecule has 2 aromatic rings. The van der Waals surface area contributed by atoms with E-state index in [1.165, 1.54) is 12.4 Å². The van der Waals surface area contributed by atoms with Gasteiger partial charge in [-0.05, 0) is 17.5 Å². The smallest absolute Gasteiger partial charge is 0.252 e. The molecule has 0 aliphatic heterocycles. The fourth-order valence-corrected chi connectivity index (χ4v) is 1.98. The van der Waals surface area contributed by atoms with Crippen molar-refractivity contribution in [2.24, 2.45) is 5.41 Å². The van der Waals surface area contributed by atoms with Gasteiger partial charge >= 0.3 is 0 Å². The van der Waals surface area contributed by atoms with Gasteiger partial charge in [0.1, 0.15) is 11.6 Å². The van der Waals surface area contributed by atoms with Gasteiger partial charge in [-0.1, -0.05) is 13.8 Å². The van der Waals surface area contributed by atoms with Crippen molar-refractivity contribution >= 4 is 11.8 Å². The molecule has 0 spiro atoms. The zero-order valence-electron chi connectivity index (χ0n) is 13.8. The molecule has 0 fully saturated rings. The molecule has 2 aromatic heterocycles. The molecule has 0 saturated heterocycles. The van der Waals surface area contributed by atoms with Crippen LogP contribution in [-0.2, 0) is 0 Å². The Morgan fingerprint density at radius 2 is 1.28 bits per heavy atom. The normalized spacial score (nSPS) is 11.0. The Bertz CT molecular complexity index is 717. The molecule has 132 valence electrons. The van der Waals surface area contributed by atoms with Crippen molar-refractivity contribution in [1.82, 2.24) is 20.6 Å². The number of pyridine rings is 2. The Labute approximate surface area is 143 Å². The van der Waals surface area contributed by atoms with Crippen LogP contribution in [0.1, 0.15) is 34.6 Å². The van der Waals surface area contributed by atoms with E-state index in [0.717, 1.165) is 24.5 Å². The molecule has 25 heavy (non-hydrogen) atoms. The van der Waals surface area contributed by atoms with Gasteiger partial charge < -0.3 is 10.6 Å². The van der Waals surface area contributed by atoms with Gasteiger partial charge in [0, 0.05) is 25.5 Å². The number of carbonyl (C=O) groups excluding carboxylic acids is 2. The first-order valence-electron chi connectivity index (χ1n) is 7.54. The van der Waals surface area contributed by atoms with Gasteiger partial charge in [-0.25, -0.2) is 8.78 Å². The van der Waals surface area contributed by atoms with E-state index in [9.17, 15) is 18.4 Å². The Morgan fingerprint density at radius 1 is 0.880 bits per heavy atom. The van der Waals surface area contributed by atoms with E-state index in [2.05, 4.69) is 20.6 Å². The zero-order valence-corrected chi connectivity index (χ0v) is 13.8. The molecule has 6 nitrogen and oxygen atoms in total. The summed E-state index contributed by atoms with van der Waals surface area (Å²) in [6.45, 7) is 4.15. The first-order valence-corrected chi connectivity index (χ1v) is 7.54. The molecule has 0 atom stereocenters. The molecule has 0 bridgehead atoms. The minimum absolute atomic E-state index is 0.116. The topological polar surface area (TPSA) is 84.0 Å². The molecule has 2 N–H and O–H groups in total. The lowest BCUT2D eigenvalue weighted by Crippen LogP contribution is -2.42. The third-order valence-corrected chi connectivity index (χ3v) is 3.39. The van der Waals surface area contributed by atoms with E-state index >= 15 is 0 Å². The van der Waals surface area contributed by atoms with Crippen LogP contribution in [0.3, 0.4) is 0 Å². The third kappa shape index (κ3) is 5.59. The van der Waals surface area contributed by atoms with Crippen LogP contribution in [0.2, 0.25) is 0 Å². The summed E-state index contributed by atoms with van der Waals surface area (Å²) in [7, 11) is 0. The van der Waals surface area contributed by atoms with Crippen LogP contribution in [0.4, 0.5) is 8.78 Å². The van der Waals surface area contributed by atoms with Crippen molar-refractivity contribution in [3.63, 3.8) is 0 Å². The number of aromatic nitrogens is 2. The second-order valence-corrected chi connectivity index (χ2v) is 6.31. The summed E-state index contributed by atoms with van der Waals surface area (Å²) < 4.78 is 26.2. The first-order chi connectivity index (χ1) is 11.8. The van der Waals surface area contributed by atoms with Crippen molar-refractivity contribution in [2.45, 2.75) is 13.8 Å². The standard InChI is InChI=1S/C17H18F2N4O2/c1-17(2,9-22-15(24)11-3-13(18)7-20-5-11)10-23-16(25)12-4-14(19)8-21-6-12/h3-8H,9-10H2,1-2H3,(H,22,24)(H,23,25). The predicted molar refractivity (Wildman–Crippen MR) is 86.8 cm³/mol. The summed E-state index contributed by atoms with van der Waals surface area (Å²) in [5, 5.41) is 5.34. The fraction of sp³-hybridized carbons (Fsp3) is 0.294. The number of rotatable bonds is 6. The van der Waals surface area contributed by atoms with Gasteiger partial charge in [-0.2, -0.15) is 0 Å². The van der Waals surface area contributed by atoms with Crippen LogP contribution >= 0.6 is 0 Å². The number of halogens is 2. The number of hydrogen-bond acceptors (Lipinski definition) is 4. The van der Waals surface area contributed by atoms with E-state index in [-0.39, 0.29) is 24.2 Å². The molecule has 2 heterocycles. The van der Waals surface area contributed by atoms with E-state index in [1.54, 1.807) is 0 Å². The molecule has 0 saturated carbocycles. The van der Waals surface area contributed by atoms with E-state index in [4.69, 9.17) is 0 Å². The molecule has 0 aliphatic carbocycles. The largest absolute Gasteiger partial charge is 0.351 e. The van der Waals surface area contributed by atoms with Crippen LogP contribution in [0.15, 0.2) is 36.9 Å². The Balaban J connectivity index is 1.87. The fourth-order valence-electron chi connectivity index (χ4n) is 1.98. The Kier molecular flexibility index (Phi) is 5.74. The van der Waals surface area contributed by atoms with Crippen LogP contribution in [0, 0.1) is 17.0 Å². The van der Waals surface area contributed by atoms with Crippen LogP contribution in [-0.4, -0.2) is 34.9 Å². The molecular weight excluding hydrogens is 330 g/mol. The quantitative estimate of drug-likeness (QED) is 0.836. The second kappa shape index (κ2) is 7.78. The van der Waals surface area contributed by atoms with Crippen LogP contribution in [0.5, 0.6) is 0 Å². The summed E-state index contributed by atoms with van der Waals surface area (Å²) in [5.41, 5.74) is -0.247. The number of hydrogen-bond donors (Lipinski definition) is 2. The number of carbonyl (C=O) groups is 2. The van der Waals surface area contributed by atoms with Crippen molar-refractivity contribution in [3.8, 4) is 0 Å². The third-order valence-electron chi connectivity index (χ3n) is 3.39. The number of nitrogens with zero attached hydrogens (tertiary/aromatic N) is 2. The lowest BCUT2D eigenvalue weighted by atomic mass is 9.93. The van der Waals surface area contributed by atoms with Gasteiger partial charge in [0.05, 0.1) is 23.5 Å². The summed E-state index contributed by atoms with van der Waals surface area (Å²) in [4.78, 5) is 31.2. The lowest BCUT2D eigenvalue weighted by Gasteiger charge is -2.25. The monoisotopic (exact) mass is 348 g/mol. The maximum atomic E-state index is 13.1. The maximum absolute atomic E-state index is 13.1. The minimum atomic E-state index is -0.595. The van der Waals surface area contributed by atoms with E-state index in [1.807, 2.05) is 13.8 Å². The summed E-state index contributed by atoms with van der Waals surface area (Å²) >= 11 is 0. The summed E-state index contributed by atoms with van der Waals surface area (Å²) in [6.07, 6.45) is 4.56. The SMILES string of the molecule is CC(C)(CNC(=O)c1cncc(F)c1)CNC(=O)c1cncc(F)c1. The van der Waals surface area contributed by atoms with E-state index in [0.29, 0.717) is 0 Å². The number of amides is 2. The van der Waals surface area contributed by atoms with Crippen LogP contribution in [0.25, 0.3) is 0 Å². The molecule has 8 heteroatoms. The lowest BCUT2D eigenvalue weighted by molar-refractivity contribution is 0.0919. The van der Waals surface area contributed by atoms with Crippen molar-refractivity contribution in [3.05, 3.63) is 59.7 Å². The Morgan fingerprint density at radius 3 is 1.64 bits per heavy atom. The van der Waals surface area contributed by atoms with Gasteiger partial charge in [-0.15, -0.1) is 0 Å². The summed E-state index contributed by atoms with van der Waals surface area (Å²) in [5.74, 6) is -2.10. The van der Waals surface area contributed by atoms with Crippen molar-refractivity contribution < 1.29 is 18.4 Å².